The third-order valence-corrected chi connectivity index (χ3v) is 5.17. The van der Waals surface area contributed by atoms with Crippen LogP contribution in [0.25, 0.3) is 0 Å². The first kappa shape index (κ1) is 20.3. The van der Waals surface area contributed by atoms with Gasteiger partial charge in [-0.05, 0) is 53.4 Å². The molecule has 0 spiro atoms. The highest BCUT2D eigenvalue weighted by molar-refractivity contribution is 5.70. The summed E-state index contributed by atoms with van der Waals surface area (Å²) >= 11 is 0. The zero-order valence-electron chi connectivity index (χ0n) is 17.0. The molecule has 1 aliphatic carbocycles. The van der Waals surface area contributed by atoms with E-state index in [0.29, 0.717) is 5.92 Å². The van der Waals surface area contributed by atoms with E-state index in [1.807, 2.05) is 39.5 Å². The van der Waals surface area contributed by atoms with Crippen LogP contribution in [-0.2, 0) is 9.47 Å². The molecule has 0 aromatic rings. The van der Waals surface area contributed by atoms with Gasteiger partial charge in [-0.2, -0.15) is 0 Å². The van der Waals surface area contributed by atoms with Gasteiger partial charge in [0.1, 0.15) is 11.3 Å². The maximum Gasteiger partial charge on any atom is 0.412 e. The first-order valence-corrected chi connectivity index (χ1v) is 10.0. The van der Waals surface area contributed by atoms with Gasteiger partial charge in [-0.3, -0.25) is 4.90 Å². The number of hydrogen-bond acceptors (Lipinski definition) is 3. The van der Waals surface area contributed by atoms with Crippen LogP contribution in [-0.4, -0.2) is 34.5 Å². The summed E-state index contributed by atoms with van der Waals surface area (Å²) in [6.45, 7) is 11.8. The van der Waals surface area contributed by atoms with Crippen LogP contribution in [0.3, 0.4) is 0 Å². The van der Waals surface area contributed by atoms with Crippen LogP contribution < -0.4 is 0 Å². The summed E-state index contributed by atoms with van der Waals surface area (Å²) in [5, 5.41) is 0. The van der Waals surface area contributed by atoms with Crippen molar-refractivity contribution in [1.29, 1.82) is 0 Å². The van der Waals surface area contributed by atoms with Crippen molar-refractivity contribution in [2.75, 3.05) is 0 Å². The van der Waals surface area contributed by atoms with E-state index < -0.39 is 11.3 Å². The van der Waals surface area contributed by atoms with E-state index in [-0.39, 0.29) is 18.2 Å². The molecule has 0 N–H and O–H groups in total. The largest absolute Gasteiger partial charge is 0.444 e. The van der Waals surface area contributed by atoms with E-state index in [0.717, 1.165) is 12.8 Å². The molecular formula is C21H37NO3. The van der Waals surface area contributed by atoms with Gasteiger partial charge >= 0.3 is 6.09 Å². The van der Waals surface area contributed by atoms with E-state index in [1.54, 1.807) is 0 Å². The van der Waals surface area contributed by atoms with Gasteiger partial charge in [0.15, 0.2) is 0 Å². The van der Waals surface area contributed by atoms with Crippen molar-refractivity contribution in [1.82, 2.24) is 4.90 Å². The van der Waals surface area contributed by atoms with Crippen LogP contribution in [0.2, 0.25) is 0 Å². The van der Waals surface area contributed by atoms with Gasteiger partial charge in [0, 0.05) is 0 Å². The third kappa shape index (κ3) is 5.47. The summed E-state index contributed by atoms with van der Waals surface area (Å²) in [6.07, 6.45) is 12.4. The second-order valence-corrected chi connectivity index (χ2v) is 9.02. The number of ether oxygens (including phenoxy) is 2. The highest BCUT2D eigenvalue weighted by atomic mass is 16.6. The van der Waals surface area contributed by atoms with Crippen LogP contribution in [0.1, 0.15) is 86.5 Å². The van der Waals surface area contributed by atoms with Crippen molar-refractivity contribution < 1.29 is 14.3 Å². The molecule has 0 bridgehead atoms. The van der Waals surface area contributed by atoms with Crippen molar-refractivity contribution in [2.24, 2.45) is 5.92 Å². The van der Waals surface area contributed by atoms with Gasteiger partial charge < -0.3 is 9.47 Å². The van der Waals surface area contributed by atoms with Crippen LogP contribution in [0.5, 0.6) is 0 Å². The standard InChI is InChI=1S/C21H37NO3/c1-7-8-14-18-17(15-16-12-10-9-11-13-16)22(21(5,6)24-18)19(23)25-20(2,3)4/h8,14,16-18H,7,9-13,15H2,1-6H3/b14-8-/t17-,18+/m0/s1. The van der Waals surface area contributed by atoms with Gasteiger partial charge in [-0.25, -0.2) is 4.79 Å². The van der Waals surface area contributed by atoms with Crippen molar-refractivity contribution in [3.63, 3.8) is 0 Å². The molecule has 2 fully saturated rings. The molecule has 0 radical (unpaired) electrons. The first-order chi connectivity index (χ1) is 11.6. The first-order valence-electron chi connectivity index (χ1n) is 10.0. The van der Waals surface area contributed by atoms with Crippen molar-refractivity contribution in [2.45, 2.75) is 110 Å². The van der Waals surface area contributed by atoms with Crippen molar-refractivity contribution >= 4 is 6.09 Å². The zero-order chi connectivity index (χ0) is 18.7. The van der Waals surface area contributed by atoms with Crippen molar-refractivity contribution in [3.05, 3.63) is 12.2 Å². The van der Waals surface area contributed by atoms with Crippen LogP contribution in [0.15, 0.2) is 12.2 Å². The molecule has 0 unspecified atom stereocenters. The predicted molar refractivity (Wildman–Crippen MR) is 101 cm³/mol. The molecule has 2 aliphatic rings. The Balaban J connectivity index is 2.23. The number of amides is 1. The lowest BCUT2D eigenvalue weighted by atomic mass is 9.83. The average molecular weight is 352 g/mol. The highest BCUT2D eigenvalue weighted by Crippen LogP contribution is 2.39. The average Bonchev–Trinajstić information content (AvgIpc) is 2.74. The molecule has 4 nitrogen and oxygen atoms in total. The van der Waals surface area contributed by atoms with Crippen LogP contribution >= 0.6 is 0 Å². The molecule has 2 rings (SSSR count). The van der Waals surface area contributed by atoms with Gasteiger partial charge in [-0.15, -0.1) is 0 Å². The fourth-order valence-corrected chi connectivity index (χ4v) is 4.12. The number of allylic oxidation sites excluding steroid dienone is 1. The number of hydrogen-bond donors (Lipinski definition) is 0. The summed E-state index contributed by atoms with van der Waals surface area (Å²) in [6, 6.07) is 0.0516. The SMILES string of the molecule is CC/C=C\[C@H]1OC(C)(C)N(C(=O)OC(C)(C)C)[C@H]1CC1CCCCC1. The molecular weight excluding hydrogens is 314 g/mol. The summed E-state index contributed by atoms with van der Waals surface area (Å²) < 4.78 is 12.0. The lowest BCUT2D eigenvalue weighted by molar-refractivity contribution is -0.0719. The van der Waals surface area contributed by atoms with Gasteiger partial charge in [0.25, 0.3) is 0 Å². The minimum absolute atomic E-state index is 0.0515. The lowest BCUT2D eigenvalue weighted by Crippen LogP contribution is -2.50. The Labute approximate surface area is 153 Å². The van der Waals surface area contributed by atoms with E-state index in [9.17, 15) is 4.79 Å². The fourth-order valence-electron chi connectivity index (χ4n) is 4.12. The van der Waals surface area contributed by atoms with Gasteiger partial charge in [0.05, 0.1) is 12.1 Å². The zero-order valence-corrected chi connectivity index (χ0v) is 17.0. The number of nitrogens with zero attached hydrogens (tertiary/aromatic N) is 1. The minimum Gasteiger partial charge on any atom is -0.444 e. The van der Waals surface area contributed by atoms with E-state index >= 15 is 0 Å². The second-order valence-electron chi connectivity index (χ2n) is 9.02. The number of carbonyl (C=O) groups is 1. The second kappa shape index (κ2) is 8.11. The smallest absolute Gasteiger partial charge is 0.412 e. The van der Waals surface area contributed by atoms with Gasteiger partial charge in [0.2, 0.25) is 0 Å². The molecule has 4 heteroatoms. The highest BCUT2D eigenvalue weighted by Gasteiger charge is 2.50. The number of carbonyl (C=O) groups excluding carboxylic acids is 1. The minimum atomic E-state index is -0.648. The fraction of sp³-hybridized carbons (Fsp3) is 0.857. The Morgan fingerprint density at radius 3 is 2.44 bits per heavy atom. The van der Waals surface area contributed by atoms with E-state index in [1.165, 1.54) is 32.1 Å². The molecule has 25 heavy (non-hydrogen) atoms. The molecule has 1 heterocycles. The monoisotopic (exact) mass is 351 g/mol. The predicted octanol–water partition coefficient (Wildman–Crippen LogP) is 5.66. The molecule has 1 saturated heterocycles. The molecule has 1 aliphatic heterocycles. The van der Waals surface area contributed by atoms with Gasteiger partial charge in [-0.1, -0.05) is 51.2 Å². The third-order valence-electron chi connectivity index (χ3n) is 5.17. The van der Waals surface area contributed by atoms with E-state index in [4.69, 9.17) is 9.47 Å². The molecule has 1 amide bonds. The normalized spacial score (nSPS) is 27.8. The Kier molecular flexibility index (Phi) is 6.58. The molecule has 1 saturated carbocycles. The van der Waals surface area contributed by atoms with Crippen LogP contribution in [0.4, 0.5) is 4.79 Å². The summed E-state index contributed by atoms with van der Waals surface area (Å²) in [5.41, 5.74) is -1.15. The topological polar surface area (TPSA) is 38.8 Å². The maximum atomic E-state index is 12.9. The molecule has 0 aromatic heterocycles. The van der Waals surface area contributed by atoms with Crippen molar-refractivity contribution in [3.8, 4) is 0 Å². The van der Waals surface area contributed by atoms with E-state index in [2.05, 4.69) is 19.1 Å². The Morgan fingerprint density at radius 2 is 1.88 bits per heavy atom. The Morgan fingerprint density at radius 1 is 1.24 bits per heavy atom. The Hall–Kier alpha value is -1.03. The molecule has 0 aromatic carbocycles. The molecule has 144 valence electrons. The molecule has 2 atom stereocenters. The summed E-state index contributed by atoms with van der Waals surface area (Å²) in [4.78, 5) is 14.8. The number of rotatable bonds is 4. The Bertz CT molecular complexity index is 472. The summed E-state index contributed by atoms with van der Waals surface area (Å²) in [7, 11) is 0. The maximum absolute atomic E-state index is 12.9. The van der Waals surface area contributed by atoms with Crippen LogP contribution in [0, 0.1) is 5.92 Å². The summed E-state index contributed by atoms with van der Waals surface area (Å²) in [5.74, 6) is 0.679. The lowest BCUT2D eigenvalue weighted by Gasteiger charge is -2.36. The quantitative estimate of drug-likeness (QED) is 0.613.